The summed E-state index contributed by atoms with van der Waals surface area (Å²) >= 11 is 1.71. The molecule has 0 N–H and O–H groups in total. The van der Waals surface area contributed by atoms with E-state index in [1.165, 1.54) is 34.0 Å². The van der Waals surface area contributed by atoms with E-state index in [1.807, 2.05) is 24.0 Å². The van der Waals surface area contributed by atoms with Gasteiger partial charge in [0.1, 0.15) is 6.54 Å². The van der Waals surface area contributed by atoms with Crippen LogP contribution in [0.5, 0.6) is 0 Å². The highest BCUT2D eigenvalue weighted by Crippen LogP contribution is 2.38. The molecule has 0 fully saturated rings. The van der Waals surface area contributed by atoms with Crippen LogP contribution in [0.15, 0.2) is 60.0 Å². The molecule has 1 atom stereocenters. The molecule has 0 spiro atoms. The minimum atomic E-state index is -0.506. The number of nitro benzene ring substituents is 1. The Morgan fingerprint density at radius 2 is 1.86 bits per heavy atom. The summed E-state index contributed by atoms with van der Waals surface area (Å²) in [7, 11) is 1.59. The van der Waals surface area contributed by atoms with E-state index in [2.05, 4.69) is 23.6 Å². The SMILES string of the molecule is COCCCN(CC(=O)N1CCc2sccc2C1c1ccc(C)cc1)C(=O)c1ccc([N+](=O)[O-])cc1. The Hall–Kier alpha value is -3.56. The maximum absolute atomic E-state index is 13.7. The Balaban J connectivity index is 1.59. The predicted octanol–water partition coefficient (Wildman–Crippen LogP) is 4.62. The van der Waals surface area contributed by atoms with E-state index in [9.17, 15) is 19.7 Å². The van der Waals surface area contributed by atoms with E-state index in [-0.39, 0.29) is 30.1 Å². The molecule has 1 aliphatic heterocycles. The van der Waals surface area contributed by atoms with Crippen molar-refractivity contribution in [2.75, 3.05) is 33.4 Å². The van der Waals surface area contributed by atoms with E-state index in [0.717, 1.165) is 23.1 Å². The number of rotatable bonds is 9. The van der Waals surface area contributed by atoms with Gasteiger partial charge in [0.05, 0.1) is 11.0 Å². The molecule has 2 heterocycles. The molecule has 2 amide bonds. The van der Waals surface area contributed by atoms with Crippen molar-refractivity contribution >= 4 is 28.8 Å². The van der Waals surface area contributed by atoms with E-state index >= 15 is 0 Å². The summed E-state index contributed by atoms with van der Waals surface area (Å²) in [5, 5.41) is 13.1. The fraction of sp³-hybridized carbons (Fsp3) is 0.333. The van der Waals surface area contributed by atoms with E-state index in [4.69, 9.17) is 4.74 Å². The first-order chi connectivity index (χ1) is 17.4. The maximum Gasteiger partial charge on any atom is 0.269 e. The fourth-order valence-corrected chi connectivity index (χ4v) is 5.41. The van der Waals surface area contributed by atoms with Crippen LogP contribution >= 0.6 is 11.3 Å². The van der Waals surface area contributed by atoms with Crippen LogP contribution in [0, 0.1) is 17.0 Å². The number of carbonyl (C=O) groups excluding carboxylic acids is 2. The monoisotopic (exact) mass is 507 g/mol. The topological polar surface area (TPSA) is 93.0 Å². The van der Waals surface area contributed by atoms with Gasteiger partial charge in [-0.05, 0) is 54.5 Å². The van der Waals surface area contributed by atoms with Crippen LogP contribution in [0.3, 0.4) is 0 Å². The molecule has 0 bridgehead atoms. The molecule has 9 heteroatoms. The predicted molar refractivity (Wildman–Crippen MR) is 138 cm³/mol. The Bertz CT molecular complexity index is 1220. The van der Waals surface area contributed by atoms with Crippen LogP contribution < -0.4 is 0 Å². The molecule has 188 valence electrons. The van der Waals surface area contributed by atoms with E-state index in [0.29, 0.717) is 31.7 Å². The number of fused-ring (bicyclic) bond motifs is 1. The second kappa shape index (κ2) is 11.5. The molecule has 1 aromatic heterocycles. The number of methoxy groups -OCH3 is 1. The van der Waals surface area contributed by atoms with Crippen LogP contribution in [-0.2, 0) is 16.0 Å². The normalized spacial score (nSPS) is 14.8. The number of carbonyl (C=O) groups is 2. The number of hydrogen-bond acceptors (Lipinski definition) is 6. The smallest absolute Gasteiger partial charge is 0.269 e. The third-order valence-electron chi connectivity index (χ3n) is 6.39. The van der Waals surface area contributed by atoms with Gasteiger partial charge in [0, 0.05) is 49.4 Å². The molecule has 1 aliphatic rings. The molecule has 0 saturated heterocycles. The van der Waals surface area contributed by atoms with Crippen molar-refractivity contribution in [3.63, 3.8) is 0 Å². The van der Waals surface area contributed by atoms with Crippen molar-refractivity contribution in [1.29, 1.82) is 0 Å². The van der Waals surface area contributed by atoms with Crippen molar-refractivity contribution in [3.8, 4) is 0 Å². The average Bonchev–Trinajstić information content (AvgIpc) is 3.37. The second-order valence-corrected chi connectivity index (χ2v) is 9.83. The minimum Gasteiger partial charge on any atom is -0.385 e. The van der Waals surface area contributed by atoms with Crippen LogP contribution in [0.1, 0.15) is 44.4 Å². The number of benzene rings is 2. The summed E-state index contributed by atoms with van der Waals surface area (Å²) in [6.07, 6.45) is 1.35. The molecule has 3 aromatic rings. The van der Waals surface area contributed by atoms with Crippen molar-refractivity contribution in [2.45, 2.75) is 25.8 Å². The fourth-order valence-electron chi connectivity index (χ4n) is 4.51. The molecular formula is C27H29N3O5S. The Morgan fingerprint density at radius 3 is 2.53 bits per heavy atom. The van der Waals surface area contributed by atoms with Crippen molar-refractivity contribution in [3.05, 3.63) is 97.2 Å². The second-order valence-electron chi connectivity index (χ2n) is 8.83. The third-order valence-corrected chi connectivity index (χ3v) is 7.39. The van der Waals surface area contributed by atoms with Gasteiger partial charge < -0.3 is 14.5 Å². The summed E-state index contributed by atoms with van der Waals surface area (Å²) in [5.41, 5.74) is 3.54. The molecular weight excluding hydrogens is 478 g/mol. The summed E-state index contributed by atoms with van der Waals surface area (Å²) in [6.45, 7) is 3.31. The van der Waals surface area contributed by atoms with Gasteiger partial charge >= 0.3 is 0 Å². The molecule has 4 rings (SSSR count). The standard InChI is InChI=1S/C27H29N3O5S/c1-19-4-6-20(7-5-19)26-23-13-17-36-24(23)12-15-29(26)25(31)18-28(14-3-16-35-2)27(32)21-8-10-22(11-9-21)30(33)34/h4-11,13,17,26H,3,12,14-16,18H2,1-2H3. The van der Waals surface area contributed by atoms with Gasteiger partial charge in [-0.1, -0.05) is 29.8 Å². The summed E-state index contributed by atoms with van der Waals surface area (Å²) in [6, 6.07) is 15.6. The number of amides is 2. The van der Waals surface area contributed by atoms with Gasteiger partial charge in [-0.25, -0.2) is 0 Å². The highest BCUT2D eigenvalue weighted by atomic mass is 32.1. The van der Waals surface area contributed by atoms with E-state index < -0.39 is 4.92 Å². The highest BCUT2D eigenvalue weighted by Gasteiger charge is 2.34. The molecule has 0 radical (unpaired) electrons. The molecule has 36 heavy (non-hydrogen) atoms. The zero-order valence-electron chi connectivity index (χ0n) is 20.4. The van der Waals surface area contributed by atoms with Gasteiger partial charge in [-0.2, -0.15) is 0 Å². The minimum absolute atomic E-state index is 0.0820. The van der Waals surface area contributed by atoms with Crippen molar-refractivity contribution in [1.82, 2.24) is 9.80 Å². The van der Waals surface area contributed by atoms with Crippen LogP contribution in [0.25, 0.3) is 0 Å². The maximum atomic E-state index is 13.7. The summed E-state index contributed by atoms with van der Waals surface area (Å²) in [5.74, 6) is -0.473. The quantitative estimate of drug-likeness (QED) is 0.239. The van der Waals surface area contributed by atoms with Gasteiger partial charge in [-0.15, -0.1) is 11.3 Å². The first-order valence-corrected chi connectivity index (χ1v) is 12.7. The summed E-state index contributed by atoms with van der Waals surface area (Å²) < 4.78 is 5.15. The Morgan fingerprint density at radius 1 is 1.14 bits per heavy atom. The van der Waals surface area contributed by atoms with Gasteiger partial charge in [0.25, 0.3) is 11.6 Å². The number of ether oxygens (including phenoxy) is 1. The zero-order valence-corrected chi connectivity index (χ0v) is 21.2. The molecule has 2 aromatic carbocycles. The number of nitrogens with zero attached hydrogens (tertiary/aromatic N) is 3. The highest BCUT2D eigenvalue weighted by molar-refractivity contribution is 7.10. The summed E-state index contributed by atoms with van der Waals surface area (Å²) in [4.78, 5) is 42.2. The van der Waals surface area contributed by atoms with Crippen LogP contribution in [0.4, 0.5) is 5.69 Å². The lowest BCUT2D eigenvalue weighted by Crippen LogP contribution is -2.47. The Kier molecular flexibility index (Phi) is 8.12. The number of aryl methyl sites for hydroxylation is 1. The number of thiophene rings is 1. The van der Waals surface area contributed by atoms with Gasteiger partial charge in [0.15, 0.2) is 0 Å². The molecule has 1 unspecified atom stereocenters. The van der Waals surface area contributed by atoms with Crippen LogP contribution in [-0.4, -0.2) is 59.9 Å². The Labute approximate surface area is 214 Å². The van der Waals surface area contributed by atoms with Crippen LogP contribution in [0.2, 0.25) is 0 Å². The lowest BCUT2D eigenvalue weighted by molar-refractivity contribution is -0.384. The number of nitro groups is 1. The largest absolute Gasteiger partial charge is 0.385 e. The average molecular weight is 508 g/mol. The van der Waals surface area contributed by atoms with Gasteiger partial charge in [-0.3, -0.25) is 19.7 Å². The molecule has 0 saturated carbocycles. The van der Waals surface area contributed by atoms with Crippen molar-refractivity contribution in [2.24, 2.45) is 0 Å². The lowest BCUT2D eigenvalue weighted by atomic mass is 9.92. The number of hydrogen-bond donors (Lipinski definition) is 0. The van der Waals surface area contributed by atoms with Gasteiger partial charge in [0.2, 0.25) is 5.91 Å². The van der Waals surface area contributed by atoms with Crippen molar-refractivity contribution < 1.29 is 19.2 Å². The third kappa shape index (κ3) is 5.63. The molecule has 0 aliphatic carbocycles. The zero-order chi connectivity index (χ0) is 25.7. The first kappa shape index (κ1) is 25.5. The lowest BCUT2D eigenvalue weighted by Gasteiger charge is -2.37. The van der Waals surface area contributed by atoms with E-state index in [1.54, 1.807) is 18.4 Å². The first-order valence-electron chi connectivity index (χ1n) is 11.8. The number of non-ortho nitro benzene ring substituents is 1. The molecule has 8 nitrogen and oxygen atoms in total.